The van der Waals surface area contributed by atoms with Crippen molar-refractivity contribution in [2.45, 2.75) is 12.7 Å². The molecule has 2 aromatic carbocycles. The summed E-state index contributed by atoms with van der Waals surface area (Å²) in [5, 5.41) is 11.7. The predicted octanol–water partition coefficient (Wildman–Crippen LogP) is 3.26. The van der Waals surface area contributed by atoms with Gasteiger partial charge >= 0.3 is 12.1 Å². The third kappa shape index (κ3) is 3.90. The molecule has 0 radical (unpaired) electrons. The molecule has 0 aliphatic heterocycles. The van der Waals surface area contributed by atoms with E-state index in [9.17, 15) is 22.8 Å². The molecule has 1 aromatic heterocycles. The van der Waals surface area contributed by atoms with E-state index in [0.717, 1.165) is 12.1 Å². The van der Waals surface area contributed by atoms with Crippen LogP contribution in [0.4, 0.5) is 18.9 Å². The second kappa shape index (κ2) is 7.22. The minimum Gasteiger partial charge on any atom is -0.478 e. The number of benzene rings is 2. The second-order valence-electron chi connectivity index (χ2n) is 5.84. The zero-order chi connectivity index (χ0) is 20.5. The molecular formula is C18H14F3N3O4. The van der Waals surface area contributed by atoms with Crippen LogP contribution in [0.1, 0.15) is 21.5 Å². The normalized spacial score (nSPS) is 11.4. The van der Waals surface area contributed by atoms with Crippen molar-refractivity contribution in [1.82, 2.24) is 9.97 Å². The van der Waals surface area contributed by atoms with E-state index < -0.39 is 23.3 Å². The average Bonchev–Trinajstić information content (AvgIpc) is 2.65. The van der Waals surface area contributed by atoms with Crippen LogP contribution in [-0.4, -0.2) is 28.2 Å². The topological polar surface area (TPSA) is 104 Å². The Morgan fingerprint density at radius 3 is 2.50 bits per heavy atom. The number of hydrogen-bond donors (Lipinski definition) is 3. The fourth-order valence-corrected chi connectivity index (χ4v) is 2.64. The van der Waals surface area contributed by atoms with Crippen molar-refractivity contribution in [1.29, 1.82) is 0 Å². The van der Waals surface area contributed by atoms with Gasteiger partial charge in [-0.1, -0.05) is 0 Å². The molecule has 0 saturated heterocycles. The Labute approximate surface area is 155 Å². The van der Waals surface area contributed by atoms with E-state index in [-0.39, 0.29) is 34.6 Å². The quantitative estimate of drug-likeness (QED) is 0.615. The van der Waals surface area contributed by atoms with Gasteiger partial charge in [0.05, 0.1) is 29.1 Å². The first-order valence-corrected chi connectivity index (χ1v) is 7.94. The molecule has 3 N–H and O–H groups in total. The summed E-state index contributed by atoms with van der Waals surface area (Å²) in [4.78, 5) is 29.2. The number of rotatable bonds is 5. The fraction of sp³-hybridized carbons (Fsp3) is 0.167. The summed E-state index contributed by atoms with van der Waals surface area (Å²) in [7, 11) is 1.24. The van der Waals surface area contributed by atoms with Crippen molar-refractivity contribution in [2.75, 3.05) is 12.4 Å². The number of ether oxygens (including phenoxy) is 1. The molecule has 1 heterocycles. The van der Waals surface area contributed by atoms with Crippen LogP contribution in [0.5, 0.6) is 6.01 Å². The number of carboxylic acids is 1. The van der Waals surface area contributed by atoms with E-state index in [1.807, 2.05) is 0 Å². The van der Waals surface area contributed by atoms with Gasteiger partial charge in [0.1, 0.15) is 0 Å². The van der Waals surface area contributed by atoms with Gasteiger partial charge in [0.15, 0.2) is 0 Å². The van der Waals surface area contributed by atoms with Crippen molar-refractivity contribution >= 4 is 22.6 Å². The third-order valence-electron chi connectivity index (χ3n) is 4.02. The maximum absolute atomic E-state index is 13.5. The van der Waals surface area contributed by atoms with Crippen molar-refractivity contribution in [3.05, 3.63) is 63.4 Å². The largest absolute Gasteiger partial charge is 0.478 e. The van der Waals surface area contributed by atoms with Gasteiger partial charge in [0, 0.05) is 12.2 Å². The van der Waals surface area contributed by atoms with Crippen molar-refractivity contribution in [3.63, 3.8) is 0 Å². The first kappa shape index (κ1) is 19.2. The number of methoxy groups -OCH3 is 1. The number of carboxylic acid groups (broad SMARTS) is 1. The standard InChI is InChI=1S/C18H14F3N3O4/c1-28-17-23-14-7-13(18(19,20)21)10(6-12(14)15(25)24-17)8-22-11-4-2-9(3-5-11)16(26)27/h2-7,22H,8H2,1H3,(H,26,27)(H,23,24,25). The van der Waals surface area contributed by atoms with E-state index in [1.54, 1.807) is 0 Å². The molecule has 0 spiro atoms. The molecule has 0 bridgehead atoms. The molecule has 0 saturated carbocycles. The summed E-state index contributed by atoms with van der Waals surface area (Å²) >= 11 is 0. The highest BCUT2D eigenvalue weighted by Crippen LogP contribution is 2.34. The van der Waals surface area contributed by atoms with Gasteiger partial charge in [-0.15, -0.1) is 0 Å². The number of aromatic nitrogens is 2. The Kier molecular flexibility index (Phi) is 4.95. The lowest BCUT2D eigenvalue weighted by atomic mass is 10.0. The maximum atomic E-state index is 13.5. The maximum Gasteiger partial charge on any atom is 0.416 e. The number of alkyl halides is 3. The fourth-order valence-electron chi connectivity index (χ4n) is 2.64. The number of aromatic amines is 1. The summed E-state index contributed by atoms with van der Waals surface area (Å²) in [6.07, 6.45) is -4.66. The van der Waals surface area contributed by atoms with Crippen LogP contribution in [-0.2, 0) is 12.7 Å². The number of fused-ring (bicyclic) bond motifs is 1. The van der Waals surface area contributed by atoms with Crippen molar-refractivity contribution < 1.29 is 27.8 Å². The SMILES string of the molecule is COc1nc2cc(C(F)(F)F)c(CNc3ccc(C(=O)O)cc3)cc2c(=O)[nH]1. The molecule has 28 heavy (non-hydrogen) atoms. The Hall–Kier alpha value is -3.56. The first-order chi connectivity index (χ1) is 13.2. The number of anilines is 1. The zero-order valence-corrected chi connectivity index (χ0v) is 14.4. The lowest BCUT2D eigenvalue weighted by Gasteiger charge is -2.15. The van der Waals surface area contributed by atoms with Gasteiger partial charge in [-0.05, 0) is 42.0 Å². The number of carbonyl (C=O) groups is 1. The van der Waals surface area contributed by atoms with Crippen LogP contribution in [0.2, 0.25) is 0 Å². The van der Waals surface area contributed by atoms with Crippen LogP contribution >= 0.6 is 0 Å². The van der Waals surface area contributed by atoms with Gasteiger partial charge in [0.25, 0.3) is 11.6 Å². The van der Waals surface area contributed by atoms with Crippen LogP contribution in [0.3, 0.4) is 0 Å². The third-order valence-corrected chi connectivity index (χ3v) is 4.02. The highest BCUT2D eigenvalue weighted by atomic mass is 19.4. The van der Waals surface area contributed by atoms with Gasteiger partial charge in [-0.2, -0.15) is 18.2 Å². The van der Waals surface area contributed by atoms with Crippen LogP contribution in [0.15, 0.2) is 41.2 Å². The highest BCUT2D eigenvalue weighted by molar-refractivity contribution is 5.88. The Bertz CT molecular complexity index is 1090. The van der Waals surface area contributed by atoms with Crippen LogP contribution in [0.25, 0.3) is 10.9 Å². The highest BCUT2D eigenvalue weighted by Gasteiger charge is 2.34. The lowest BCUT2D eigenvalue weighted by Crippen LogP contribution is -2.15. The van der Waals surface area contributed by atoms with E-state index in [0.29, 0.717) is 5.69 Å². The van der Waals surface area contributed by atoms with Crippen LogP contribution in [0, 0.1) is 0 Å². The monoisotopic (exact) mass is 393 g/mol. The summed E-state index contributed by atoms with van der Waals surface area (Å²) in [5.74, 6) is -1.11. The van der Waals surface area contributed by atoms with Gasteiger partial charge < -0.3 is 15.2 Å². The Balaban J connectivity index is 1.99. The molecule has 10 heteroatoms. The summed E-state index contributed by atoms with van der Waals surface area (Å²) in [6, 6.07) is 7.29. The number of hydrogen-bond acceptors (Lipinski definition) is 5. The van der Waals surface area contributed by atoms with E-state index in [4.69, 9.17) is 9.84 Å². The minimum atomic E-state index is -4.66. The van der Waals surface area contributed by atoms with Crippen LogP contribution < -0.4 is 15.6 Å². The number of nitrogens with one attached hydrogen (secondary N) is 2. The van der Waals surface area contributed by atoms with Crippen molar-refractivity contribution in [3.8, 4) is 6.01 Å². The summed E-state index contributed by atoms with van der Waals surface area (Å²) in [6.45, 7) is -0.233. The smallest absolute Gasteiger partial charge is 0.416 e. The lowest BCUT2D eigenvalue weighted by molar-refractivity contribution is -0.138. The molecule has 7 nitrogen and oxygen atoms in total. The number of aromatic carboxylic acids is 1. The molecule has 3 aromatic rings. The summed E-state index contributed by atoms with van der Waals surface area (Å²) < 4.78 is 45.3. The molecule has 0 atom stereocenters. The molecular weight excluding hydrogens is 379 g/mol. The molecule has 0 fully saturated rings. The van der Waals surface area contributed by atoms with Gasteiger partial charge in [-0.3, -0.25) is 9.78 Å². The molecule has 0 unspecified atom stereocenters. The van der Waals surface area contributed by atoms with E-state index >= 15 is 0 Å². The average molecular weight is 393 g/mol. The number of nitrogens with zero attached hydrogens (tertiary/aromatic N) is 1. The van der Waals surface area contributed by atoms with E-state index in [1.165, 1.54) is 31.4 Å². The number of H-pyrrole nitrogens is 1. The Morgan fingerprint density at radius 1 is 1.25 bits per heavy atom. The number of halogens is 3. The molecule has 3 rings (SSSR count). The first-order valence-electron chi connectivity index (χ1n) is 7.94. The molecule has 0 aliphatic carbocycles. The summed E-state index contributed by atoms with van der Waals surface area (Å²) in [5.41, 5.74) is -1.36. The predicted molar refractivity (Wildman–Crippen MR) is 94.6 cm³/mol. The van der Waals surface area contributed by atoms with E-state index in [2.05, 4.69) is 15.3 Å². The minimum absolute atomic E-state index is 0.00757. The molecule has 0 aliphatic rings. The van der Waals surface area contributed by atoms with Crippen molar-refractivity contribution in [2.24, 2.45) is 0 Å². The molecule has 146 valence electrons. The molecule has 0 amide bonds. The second-order valence-corrected chi connectivity index (χ2v) is 5.84. The zero-order valence-electron chi connectivity index (χ0n) is 14.4. The Morgan fingerprint density at radius 2 is 1.93 bits per heavy atom. The van der Waals surface area contributed by atoms with Gasteiger partial charge in [0.2, 0.25) is 0 Å². The van der Waals surface area contributed by atoms with Gasteiger partial charge in [-0.25, -0.2) is 4.79 Å².